The number of thiazole rings is 1. The molecule has 1 N–H and O–H groups in total. The minimum absolute atomic E-state index is 0.198. The summed E-state index contributed by atoms with van der Waals surface area (Å²) in [5.41, 5.74) is 5.47. The first-order valence-corrected chi connectivity index (χ1v) is 11.9. The lowest BCUT2D eigenvalue weighted by Crippen LogP contribution is -2.24. The molecule has 1 aliphatic carbocycles. The third kappa shape index (κ3) is 4.25. The van der Waals surface area contributed by atoms with E-state index in [9.17, 15) is 18.0 Å². The Labute approximate surface area is 201 Å². The Morgan fingerprint density at radius 2 is 1.86 bits per heavy atom. The van der Waals surface area contributed by atoms with Gasteiger partial charge in [0.05, 0.1) is 21.4 Å². The van der Waals surface area contributed by atoms with Crippen LogP contribution in [0.25, 0.3) is 38.1 Å². The summed E-state index contributed by atoms with van der Waals surface area (Å²) in [6.45, 7) is -1.27. The van der Waals surface area contributed by atoms with Gasteiger partial charge in [0.25, 0.3) is 5.56 Å². The number of pyridine rings is 1. The molecule has 176 valence electrons. The van der Waals surface area contributed by atoms with E-state index in [0.29, 0.717) is 22.6 Å². The van der Waals surface area contributed by atoms with Gasteiger partial charge < -0.3 is 5.32 Å². The molecule has 0 spiro atoms. The maximum atomic E-state index is 13.8. The van der Waals surface area contributed by atoms with Gasteiger partial charge in [-0.1, -0.05) is 18.2 Å². The second kappa shape index (κ2) is 8.16. The van der Waals surface area contributed by atoms with Crippen LogP contribution in [-0.4, -0.2) is 32.2 Å². The molecule has 1 saturated carbocycles. The molecule has 1 fully saturated rings. The highest BCUT2D eigenvalue weighted by atomic mass is 32.1. The van der Waals surface area contributed by atoms with E-state index in [1.165, 1.54) is 27.7 Å². The van der Waals surface area contributed by atoms with Gasteiger partial charge in [-0.2, -0.15) is 18.2 Å². The van der Waals surface area contributed by atoms with E-state index in [2.05, 4.69) is 20.3 Å². The average molecular weight is 494 g/mol. The van der Waals surface area contributed by atoms with Crippen molar-refractivity contribution in [3.05, 3.63) is 76.2 Å². The van der Waals surface area contributed by atoms with Crippen molar-refractivity contribution in [3.8, 4) is 16.8 Å². The van der Waals surface area contributed by atoms with Crippen molar-refractivity contribution < 1.29 is 13.2 Å². The van der Waals surface area contributed by atoms with Crippen LogP contribution in [0.4, 0.5) is 19.1 Å². The highest BCUT2D eigenvalue weighted by Crippen LogP contribution is 2.40. The van der Waals surface area contributed by atoms with Crippen molar-refractivity contribution in [2.24, 2.45) is 0 Å². The third-order valence-corrected chi connectivity index (χ3v) is 6.82. The molecule has 6 rings (SSSR count). The molecule has 0 saturated heterocycles. The van der Waals surface area contributed by atoms with Crippen LogP contribution in [0.1, 0.15) is 24.3 Å². The molecule has 3 heterocycles. The van der Waals surface area contributed by atoms with Gasteiger partial charge in [-0.3, -0.25) is 9.36 Å². The summed E-state index contributed by atoms with van der Waals surface area (Å²) in [6, 6.07) is 15.0. The number of nitrogens with zero attached hydrogens (tertiary/aromatic N) is 4. The fourth-order valence-corrected chi connectivity index (χ4v) is 4.86. The number of halogens is 3. The standard InChI is InChI=1S/C25H18F3N5OS/c26-25(27,28)12-30-24-29-11-17-9-19(16-5-8-20-21(10-16)35-13-31-20)23(34)33(22(17)32-24)18-6-3-15(4-7-18)14-1-2-14/h3-11,13-14H,1-2,12H2,(H,29,30,32). The quantitative estimate of drug-likeness (QED) is 0.330. The van der Waals surface area contributed by atoms with E-state index in [-0.39, 0.29) is 17.2 Å². The van der Waals surface area contributed by atoms with Crippen LogP contribution in [-0.2, 0) is 0 Å². The minimum Gasteiger partial charge on any atom is -0.345 e. The predicted octanol–water partition coefficient (Wildman–Crippen LogP) is 5.91. The number of alkyl halides is 3. The van der Waals surface area contributed by atoms with Crippen molar-refractivity contribution >= 4 is 38.5 Å². The van der Waals surface area contributed by atoms with Crippen LogP contribution in [0.15, 0.2) is 65.0 Å². The van der Waals surface area contributed by atoms with Gasteiger partial charge in [0, 0.05) is 17.1 Å². The van der Waals surface area contributed by atoms with Gasteiger partial charge in [0.15, 0.2) is 5.65 Å². The maximum absolute atomic E-state index is 13.8. The Kier molecular flexibility index (Phi) is 5.06. The van der Waals surface area contributed by atoms with Crippen LogP contribution in [0.2, 0.25) is 0 Å². The van der Waals surface area contributed by atoms with Crippen LogP contribution in [0.5, 0.6) is 0 Å². The smallest absolute Gasteiger partial charge is 0.345 e. The molecule has 2 aromatic carbocycles. The topological polar surface area (TPSA) is 72.7 Å². The fraction of sp³-hybridized carbons (Fsp3) is 0.200. The molecule has 35 heavy (non-hydrogen) atoms. The van der Waals surface area contributed by atoms with Crippen LogP contribution in [0.3, 0.4) is 0 Å². The average Bonchev–Trinajstić information content (AvgIpc) is 3.59. The van der Waals surface area contributed by atoms with Crippen molar-refractivity contribution in [1.82, 2.24) is 19.5 Å². The number of rotatable bonds is 5. The van der Waals surface area contributed by atoms with Crippen LogP contribution >= 0.6 is 11.3 Å². The zero-order valence-electron chi connectivity index (χ0n) is 18.2. The van der Waals surface area contributed by atoms with Crippen molar-refractivity contribution in [2.45, 2.75) is 24.9 Å². The number of fused-ring (bicyclic) bond motifs is 2. The lowest BCUT2D eigenvalue weighted by Gasteiger charge is -2.14. The molecule has 1 aliphatic rings. The number of hydrogen-bond donors (Lipinski definition) is 1. The molecule has 0 aliphatic heterocycles. The summed E-state index contributed by atoms with van der Waals surface area (Å²) < 4.78 is 40.6. The van der Waals surface area contributed by atoms with Crippen molar-refractivity contribution in [3.63, 3.8) is 0 Å². The first kappa shape index (κ1) is 21.7. The van der Waals surface area contributed by atoms with E-state index in [1.807, 2.05) is 42.5 Å². The van der Waals surface area contributed by atoms with Gasteiger partial charge in [0.2, 0.25) is 5.95 Å². The molecule has 10 heteroatoms. The third-order valence-electron chi connectivity index (χ3n) is 6.03. The number of nitrogens with one attached hydrogen (secondary N) is 1. The Morgan fingerprint density at radius 3 is 2.60 bits per heavy atom. The summed E-state index contributed by atoms with van der Waals surface area (Å²) in [4.78, 5) is 26.4. The molecule has 0 unspecified atom stereocenters. The van der Waals surface area contributed by atoms with Crippen LogP contribution < -0.4 is 10.9 Å². The van der Waals surface area contributed by atoms with Gasteiger partial charge >= 0.3 is 6.18 Å². The van der Waals surface area contributed by atoms with Crippen LogP contribution in [0, 0.1) is 0 Å². The molecule has 0 bridgehead atoms. The zero-order valence-corrected chi connectivity index (χ0v) is 19.0. The Bertz CT molecular complexity index is 1620. The lowest BCUT2D eigenvalue weighted by atomic mass is 10.1. The largest absolute Gasteiger partial charge is 0.405 e. The second-order valence-corrected chi connectivity index (χ2v) is 9.43. The first-order chi connectivity index (χ1) is 16.9. The highest BCUT2D eigenvalue weighted by Gasteiger charge is 2.27. The van der Waals surface area contributed by atoms with E-state index in [1.54, 1.807) is 11.6 Å². The normalized spacial score (nSPS) is 14.0. The predicted molar refractivity (Wildman–Crippen MR) is 130 cm³/mol. The number of aromatic nitrogens is 4. The molecule has 3 aromatic heterocycles. The summed E-state index contributed by atoms with van der Waals surface area (Å²) in [7, 11) is 0. The lowest BCUT2D eigenvalue weighted by molar-refractivity contribution is -0.115. The number of hydrogen-bond acceptors (Lipinski definition) is 6. The summed E-state index contributed by atoms with van der Waals surface area (Å²) in [5, 5.41) is 2.74. The van der Waals surface area contributed by atoms with E-state index >= 15 is 0 Å². The Balaban J connectivity index is 1.54. The number of benzene rings is 2. The molecular weight excluding hydrogens is 475 g/mol. The summed E-state index contributed by atoms with van der Waals surface area (Å²) >= 11 is 1.48. The molecule has 0 radical (unpaired) electrons. The van der Waals surface area contributed by atoms with Gasteiger partial charge in [-0.05, 0) is 60.2 Å². The SMILES string of the molecule is O=c1c(-c2ccc3ncsc3c2)cc2cnc(NCC(F)(F)F)nc2n1-c1ccc(C2CC2)cc1. The van der Waals surface area contributed by atoms with Crippen molar-refractivity contribution in [1.29, 1.82) is 0 Å². The highest BCUT2D eigenvalue weighted by molar-refractivity contribution is 7.16. The second-order valence-electron chi connectivity index (χ2n) is 8.54. The van der Waals surface area contributed by atoms with E-state index < -0.39 is 12.7 Å². The molecule has 6 nitrogen and oxygen atoms in total. The monoisotopic (exact) mass is 493 g/mol. The number of anilines is 1. The maximum Gasteiger partial charge on any atom is 0.405 e. The minimum atomic E-state index is -4.42. The van der Waals surface area contributed by atoms with Gasteiger partial charge in [-0.25, -0.2) is 9.97 Å². The van der Waals surface area contributed by atoms with E-state index in [4.69, 9.17) is 0 Å². The summed E-state index contributed by atoms with van der Waals surface area (Å²) in [6.07, 6.45) is -0.682. The van der Waals surface area contributed by atoms with Gasteiger partial charge in [-0.15, -0.1) is 11.3 Å². The Hall–Kier alpha value is -3.79. The molecule has 5 aromatic rings. The summed E-state index contributed by atoms with van der Waals surface area (Å²) in [5.74, 6) is 0.354. The first-order valence-electron chi connectivity index (χ1n) is 11.0. The zero-order chi connectivity index (χ0) is 24.2. The van der Waals surface area contributed by atoms with E-state index in [0.717, 1.165) is 28.6 Å². The Morgan fingerprint density at radius 1 is 1.06 bits per heavy atom. The van der Waals surface area contributed by atoms with Gasteiger partial charge in [0.1, 0.15) is 6.54 Å². The molecule has 0 amide bonds. The fourth-order valence-electron chi connectivity index (χ4n) is 4.14. The molecular formula is C25H18F3N5OS. The van der Waals surface area contributed by atoms with Crippen molar-refractivity contribution in [2.75, 3.05) is 11.9 Å². The molecule has 0 atom stereocenters.